The van der Waals surface area contributed by atoms with Gasteiger partial charge in [0.25, 0.3) is 11.8 Å². The highest BCUT2D eigenvalue weighted by Gasteiger charge is 2.44. The van der Waals surface area contributed by atoms with Crippen molar-refractivity contribution >= 4 is 23.6 Å². The standard InChI is InChI=1S/C18H22N4O5/c1-27-9-11(19)8-20-7-10-2-3-12-13(6-10)18(26)22(17(12)25)14-4-5-15(23)21-16(14)24/h2-3,6,11,14,20H,4-5,7-9,19H2,1H3,(H,21,23,24)/t11-,14?/m1/s1. The SMILES string of the molecule is COC[C@H](N)CNCc1ccc2c(c1)C(=O)N(C1CCC(=O)NC1=O)C2=O. The second-order valence-corrected chi connectivity index (χ2v) is 6.67. The summed E-state index contributed by atoms with van der Waals surface area (Å²) < 4.78 is 4.97. The van der Waals surface area contributed by atoms with Crippen molar-refractivity contribution in [1.29, 1.82) is 0 Å². The van der Waals surface area contributed by atoms with Crippen molar-refractivity contribution in [3.05, 3.63) is 34.9 Å². The molecule has 0 aliphatic carbocycles. The van der Waals surface area contributed by atoms with Gasteiger partial charge in [0.05, 0.1) is 17.7 Å². The molecular weight excluding hydrogens is 352 g/mol. The molecule has 144 valence electrons. The molecular formula is C18H22N4O5. The van der Waals surface area contributed by atoms with E-state index in [4.69, 9.17) is 10.5 Å². The van der Waals surface area contributed by atoms with Crippen molar-refractivity contribution in [3.63, 3.8) is 0 Å². The Morgan fingerprint density at radius 3 is 2.70 bits per heavy atom. The van der Waals surface area contributed by atoms with Crippen molar-refractivity contribution in [2.45, 2.75) is 31.5 Å². The number of methoxy groups -OCH3 is 1. The summed E-state index contributed by atoms with van der Waals surface area (Å²) in [7, 11) is 1.58. The van der Waals surface area contributed by atoms with Crippen LogP contribution in [0.3, 0.4) is 0 Å². The maximum absolute atomic E-state index is 12.7. The van der Waals surface area contributed by atoms with E-state index in [2.05, 4.69) is 10.6 Å². The highest BCUT2D eigenvalue weighted by Crippen LogP contribution is 2.28. The van der Waals surface area contributed by atoms with E-state index in [1.54, 1.807) is 25.3 Å². The molecule has 2 heterocycles. The smallest absolute Gasteiger partial charge is 0.262 e. The largest absolute Gasteiger partial charge is 0.383 e. The zero-order valence-corrected chi connectivity index (χ0v) is 15.0. The van der Waals surface area contributed by atoms with E-state index in [1.165, 1.54) is 0 Å². The number of hydrogen-bond acceptors (Lipinski definition) is 7. The van der Waals surface area contributed by atoms with Gasteiger partial charge in [0.2, 0.25) is 11.8 Å². The summed E-state index contributed by atoms with van der Waals surface area (Å²) in [5.41, 5.74) is 7.21. The van der Waals surface area contributed by atoms with Crippen molar-refractivity contribution in [2.24, 2.45) is 5.73 Å². The maximum atomic E-state index is 12.7. The predicted molar refractivity (Wildman–Crippen MR) is 94.7 cm³/mol. The van der Waals surface area contributed by atoms with Gasteiger partial charge in [-0.25, -0.2) is 0 Å². The fourth-order valence-electron chi connectivity index (χ4n) is 3.30. The minimum atomic E-state index is -0.955. The monoisotopic (exact) mass is 374 g/mol. The zero-order chi connectivity index (χ0) is 19.6. The zero-order valence-electron chi connectivity index (χ0n) is 15.0. The third-order valence-electron chi connectivity index (χ3n) is 4.62. The first-order chi connectivity index (χ1) is 12.9. The summed E-state index contributed by atoms with van der Waals surface area (Å²) in [6.45, 7) is 1.45. The third-order valence-corrected chi connectivity index (χ3v) is 4.62. The lowest BCUT2D eigenvalue weighted by Gasteiger charge is -2.27. The lowest BCUT2D eigenvalue weighted by molar-refractivity contribution is -0.136. The Morgan fingerprint density at radius 1 is 1.26 bits per heavy atom. The summed E-state index contributed by atoms with van der Waals surface area (Å²) in [5.74, 6) is -2.03. The van der Waals surface area contributed by atoms with Crippen LogP contribution in [0.2, 0.25) is 0 Å². The Morgan fingerprint density at radius 2 is 2.00 bits per heavy atom. The van der Waals surface area contributed by atoms with Crippen LogP contribution < -0.4 is 16.4 Å². The Labute approximate surface area is 156 Å². The first kappa shape index (κ1) is 19.2. The minimum absolute atomic E-state index is 0.0979. The van der Waals surface area contributed by atoms with Crippen LogP contribution in [-0.2, 0) is 20.9 Å². The molecule has 0 aromatic heterocycles. The summed E-state index contributed by atoms with van der Waals surface area (Å²) in [4.78, 5) is 49.7. The molecule has 2 aliphatic heterocycles. The molecule has 0 saturated carbocycles. The van der Waals surface area contributed by atoms with Crippen molar-refractivity contribution in [3.8, 4) is 0 Å². The number of hydrogen-bond donors (Lipinski definition) is 3. The highest BCUT2D eigenvalue weighted by atomic mass is 16.5. The maximum Gasteiger partial charge on any atom is 0.262 e. The first-order valence-corrected chi connectivity index (χ1v) is 8.72. The van der Waals surface area contributed by atoms with Gasteiger partial charge in [-0.3, -0.25) is 29.4 Å². The number of nitrogens with zero attached hydrogens (tertiary/aromatic N) is 1. The number of piperidine rings is 1. The van der Waals surface area contributed by atoms with Gasteiger partial charge < -0.3 is 15.8 Å². The second-order valence-electron chi connectivity index (χ2n) is 6.67. The molecule has 4 amide bonds. The summed E-state index contributed by atoms with van der Waals surface area (Å²) in [6.07, 6.45) is 0.239. The number of nitrogens with one attached hydrogen (secondary N) is 2. The second kappa shape index (κ2) is 7.95. The van der Waals surface area contributed by atoms with Gasteiger partial charge in [-0.1, -0.05) is 6.07 Å². The highest BCUT2D eigenvalue weighted by molar-refractivity contribution is 6.23. The van der Waals surface area contributed by atoms with E-state index >= 15 is 0 Å². The molecule has 2 aliphatic rings. The van der Waals surface area contributed by atoms with Crippen molar-refractivity contribution in [2.75, 3.05) is 20.3 Å². The minimum Gasteiger partial charge on any atom is -0.383 e. The molecule has 2 atom stereocenters. The van der Waals surface area contributed by atoms with E-state index in [-0.39, 0.29) is 30.0 Å². The van der Waals surface area contributed by atoms with E-state index in [0.717, 1.165) is 10.5 Å². The average Bonchev–Trinajstić information content (AvgIpc) is 2.86. The van der Waals surface area contributed by atoms with Crippen LogP contribution in [0.4, 0.5) is 0 Å². The van der Waals surface area contributed by atoms with Crippen LogP contribution in [-0.4, -0.2) is 60.9 Å². The lowest BCUT2D eigenvalue weighted by atomic mass is 10.0. The molecule has 3 rings (SSSR count). The molecule has 27 heavy (non-hydrogen) atoms. The fourth-order valence-corrected chi connectivity index (χ4v) is 3.30. The van der Waals surface area contributed by atoms with Crippen LogP contribution in [0.1, 0.15) is 39.1 Å². The summed E-state index contributed by atoms with van der Waals surface area (Å²) in [6, 6.07) is 3.90. The quantitative estimate of drug-likeness (QED) is 0.530. The Balaban J connectivity index is 1.71. The van der Waals surface area contributed by atoms with Gasteiger partial charge in [-0.05, 0) is 24.1 Å². The molecule has 1 saturated heterocycles. The number of carbonyl (C=O) groups excluding carboxylic acids is 4. The van der Waals surface area contributed by atoms with Gasteiger partial charge in [0.1, 0.15) is 6.04 Å². The van der Waals surface area contributed by atoms with Crippen molar-refractivity contribution < 1.29 is 23.9 Å². The topological polar surface area (TPSA) is 131 Å². The number of benzene rings is 1. The normalized spacial score (nSPS) is 20.7. The molecule has 1 unspecified atom stereocenters. The van der Waals surface area contributed by atoms with Crippen molar-refractivity contribution in [1.82, 2.24) is 15.5 Å². The molecule has 1 aromatic rings. The number of nitrogens with two attached hydrogens (primary N) is 1. The Kier molecular flexibility index (Phi) is 5.64. The number of ether oxygens (including phenoxy) is 1. The molecule has 0 bridgehead atoms. The van der Waals surface area contributed by atoms with Gasteiger partial charge in [-0.2, -0.15) is 0 Å². The average molecular weight is 374 g/mol. The van der Waals surface area contributed by atoms with Crippen LogP contribution >= 0.6 is 0 Å². The number of rotatable bonds is 7. The van der Waals surface area contributed by atoms with E-state index in [1.807, 2.05) is 0 Å². The van der Waals surface area contributed by atoms with Gasteiger partial charge in [0.15, 0.2) is 0 Å². The van der Waals surface area contributed by atoms with Crippen LogP contribution in [0.25, 0.3) is 0 Å². The number of imide groups is 2. The molecule has 9 nitrogen and oxygen atoms in total. The number of fused-ring (bicyclic) bond motifs is 1. The van der Waals surface area contributed by atoms with Crippen LogP contribution in [0, 0.1) is 0 Å². The number of amides is 4. The van der Waals surface area contributed by atoms with Gasteiger partial charge in [0, 0.05) is 32.7 Å². The molecule has 1 aromatic carbocycles. The first-order valence-electron chi connectivity index (χ1n) is 8.72. The Hall–Kier alpha value is -2.62. The Bertz CT molecular complexity index is 794. The lowest BCUT2D eigenvalue weighted by Crippen LogP contribution is -2.54. The van der Waals surface area contributed by atoms with Gasteiger partial charge >= 0.3 is 0 Å². The fraction of sp³-hybridized carbons (Fsp3) is 0.444. The molecule has 9 heteroatoms. The molecule has 1 fully saturated rings. The van der Waals surface area contributed by atoms with Crippen LogP contribution in [0.15, 0.2) is 18.2 Å². The summed E-state index contributed by atoms with van der Waals surface area (Å²) >= 11 is 0. The van der Waals surface area contributed by atoms with Crippen LogP contribution in [0.5, 0.6) is 0 Å². The molecule has 4 N–H and O–H groups in total. The number of carbonyl (C=O) groups is 4. The predicted octanol–water partition coefficient (Wildman–Crippen LogP) is -0.849. The van der Waals surface area contributed by atoms with E-state index in [9.17, 15) is 19.2 Å². The van der Waals surface area contributed by atoms with Gasteiger partial charge in [-0.15, -0.1) is 0 Å². The summed E-state index contributed by atoms with van der Waals surface area (Å²) in [5, 5.41) is 5.35. The van der Waals surface area contributed by atoms with E-state index in [0.29, 0.717) is 19.7 Å². The molecule has 0 spiro atoms. The van der Waals surface area contributed by atoms with E-state index < -0.39 is 29.7 Å². The molecule has 0 radical (unpaired) electrons. The third kappa shape index (κ3) is 3.90.